The molecular weight excluding hydrogens is 360 g/mol. The standard InChI is InChI=1S/C24H34N4O/c1-23(2,3)17-11-16(12-18(13-17)24(4,5)6)22(29)27-19-7-8-20(27)15-21(14-19)28-25-9-10-26-28/h9-13,19-21H,7-8,14-15H2,1-6H3. The summed E-state index contributed by atoms with van der Waals surface area (Å²) in [6, 6.07) is 7.40. The number of nitrogens with zero attached hydrogens (tertiary/aromatic N) is 4. The van der Waals surface area contributed by atoms with Gasteiger partial charge in [-0.15, -0.1) is 0 Å². The lowest BCUT2D eigenvalue weighted by Crippen LogP contribution is -2.47. The van der Waals surface area contributed by atoms with E-state index >= 15 is 0 Å². The zero-order chi connectivity index (χ0) is 21.0. The molecule has 5 heteroatoms. The topological polar surface area (TPSA) is 51.0 Å². The molecule has 0 saturated carbocycles. The molecule has 1 aromatic carbocycles. The molecule has 2 aliphatic heterocycles. The molecule has 4 rings (SSSR count). The van der Waals surface area contributed by atoms with E-state index in [0.29, 0.717) is 6.04 Å². The van der Waals surface area contributed by atoms with Gasteiger partial charge in [0.25, 0.3) is 5.91 Å². The number of carbonyl (C=O) groups is 1. The van der Waals surface area contributed by atoms with Gasteiger partial charge in [0, 0.05) is 17.6 Å². The number of piperidine rings is 1. The summed E-state index contributed by atoms with van der Waals surface area (Å²) in [4.78, 5) is 17.7. The molecule has 2 atom stereocenters. The van der Waals surface area contributed by atoms with Gasteiger partial charge in [0.05, 0.1) is 18.4 Å². The number of hydrogen-bond donors (Lipinski definition) is 0. The molecule has 29 heavy (non-hydrogen) atoms. The van der Waals surface area contributed by atoms with Crippen LogP contribution in [0.15, 0.2) is 30.6 Å². The van der Waals surface area contributed by atoms with E-state index in [9.17, 15) is 4.79 Å². The van der Waals surface area contributed by atoms with Crippen LogP contribution in [0.5, 0.6) is 0 Å². The molecule has 1 aromatic heterocycles. The van der Waals surface area contributed by atoms with Crippen LogP contribution in [0.2, 0.25) is 0 Å². The van der Waals surface area contributed by atoms with Crippen LogP contribution in [-0.2, 0) is 10.8 Å². The van der Waals surface area contributed by atoms with Crippen LogP contribution in [0.3, 0.4) is 0 Å². The fraction of sp³-hybridized carbons (Fsp3) is 0.625. The van der Waals surface area contributed by atoms with Gasteiger partial charge in [0.15, 0.2) is 0 Å². The Morgan fingerprint density at radius 2 is 1.31 bits per heavy atom. The largest absolute Gasteiger partial charge is 0.333 e. The summed E-state index contributed by atoms with van der Waals surface area (Å²) in [6.45, 7) is 13.3. The van der Waals surface area contributed by atoms with Crippen molar-refractivity contribution in [3.63, 3.8) is 0 Å². The molecule has 2 unspecified atom stereocenters. The van der Waals surface area contributed by atoms with Gasteiger partial charge < -0.3 is 4.90 Å². The Bertz CT molecular complexity index is 842. The van der Waals surface area contributed by atoms with Crippen LogP contribution in [0, 0.1) is 0 Å². The highest BCUT2D eigenvalue weighted by Gasteiger charge is 2.44. The van der Waals surface area contributed by atoms with Crippen LogP contribution in [0.25, 0.3) is 0 Å². The normalized spacial score (nSPS) is 24.8. The lowest BCUT2D eigenvalue weighted by molar-refractivity contribution is 0.0512. The summed E-state index contributed by atoms with van der Waals surface area (Å²) in [5, 5.41) is 8.69. The Morgan fingerprint density at radius 3 is 1.76 bits per heavy atom. The van der Waals surface area contributed by atoms with Gasteiger partial charge in [-0.3, -0.25) is 4.79 Å². The highest BCUT2D eigenvalue weighted by Crippen LogP contribution is 2.41. The smallest absolute Gasteiger partial charge is 0.254 e. The van der Waals surface area contributed by atoms with Crippen molar-refractivity contribution >= 4 is 5.91 Å². The van der Waals surface area contributed by atoms with Crippen LogP contribution in [0.4, 0.5) is 0 Å². The number of rotatable bonds is 2. The van der Waals surface area contributed by atoms with E-state index in [2.05, 4.69) is 74.8 Å². The quantitative estimate of drug-likeness (QED) is 0.729. The Hall–Kier alpha value is -2.17. The van der Waals surface area contributed by atoms with Gasteiger partial charge in [-0.25, -0.2) is 0 Å². The van der Waals surface area contributed by atoms with Crippen molar-refractivity contribution in [3.05, 3.63) is 47.3 Å². The van der Waals surface area contributed by atoms with Crippen LogP contribution >= 0.6 is 0 Å². The highest BCUT2D eigenvalue weighted by molar-refractivity contribution is 5.95. The number of fused-ring (bicyclic) bond motifs is 2. The number of amides is 1. The lowest BCUT2D eigenvalue weighted by Gasteiger charge is -2.39. The summed E-state index contributed by atoms with van der Waals surface area (Å²) in [7, 11) is 0. The van der Waals surface area contributed by atoms with Crippen molar-refractivity contribution in [1.29, 1.82) is 0 Å². The van der Waals surface area contributed by atoms with Crippen molar-refractivity contribution in [2.24, 2.45) is 0 Å². The van der Waals surface area contributed by atoms with Crippen LogP contribution in [0.1, 0.15) is 94.8 Å². The van der Waals surface area contributed by atoms with Crippen molar-refractivity contribution in [1.82, 2.24) is 19.9 Å². The molecule has 1 amide bonds. The third kappa shape index (κ3) is 3.84. The van der Waals surface area contributed by atoms with Crippen molar-refractivity contribution in [2.75, 3.05) is 0 Å². The Balaban J connectivity index is 1.65. The molecule has 156 valence electrons. The van der Waals surface area contributed by atoms with E-state index < -0.39 is 0 Å². The van der Waals surface area contributed by atoms with E-state index in [1.54, 1.807) is 12.4 Å². The minimum absolute atomic E-state index is 0.00796. The number of aromatic nitrogens is 3. The van der Waals surface area contributed by atoms with Gasteiger partial charge in [-0.2, -0.15) is 15.0 Å². The monoisotopic (exact) mass is 394 g/mol. The van der Waals surface area contributed by atoms with Gasteiger partial charge in [-0.05, 0) is 59.8 Å². The predicted octanol–water partition coefficient (Wildman–Crippen LogP) is 4.88. The predicted molar refractivity (Wildman–Crippen MR) is 115 cm³/mol. The highest BCUT2D eigenvalue weighted by atomic mass is 16.2. The van der Waals surface area contributed by atoms with Gasteiger partial charge in [0.1, 0.15) is 0 Å². The van der Waals surface area contributed by atoms with Gasteiger partial charge >= 0.3 is 0 Å². The summed E-state index contributed by atoms with van der Waals surface area (Å²) in [5.74, 6) is 0.195. The molecule has 0 aliphatic carbocycles. The van der Waals surface area contributed by atoms with E-state index in [4.69, 9.17) is 0 Å². The molecule has 2 saturated heterocycles. The fourth-order valence-electron chi connectivity index (χ4n) is 4.85. The molecule has 5 nitrogen and oxygen atoms in total. The second kappa shape index (κ2) is 6.96. The summed E-state index contributed by atoms with van der Waals surface area (Å²) in [6.07, 6.45) is 7.54. The van der Waals surface area contributed by atoms with Crippen molar-refractivity contribution in [3.8, 4) is 0 Å². The maximum atomic E-state index is 13.7. The molecule has 2 aromatic rings. The lowest BCUT2D eigenvalue weighted by atomic mass is 9.79. The second-order valence-corrected chi connectivity index (χ2v) is 10.9. The van der Waals surface area contributed by atoms with E-state index in [1.807, 2.05) is 4.80 Å². The first kappa shape index (κ1) is 20.1. The first-order chi connectivity index (χ1) is 13.5. The van der Waals surface area contributed by atoms with E-state index in [1.165, 1.54) is 11.1 Å². The molecule has 2 bridgehead atoms. The first-order valence-electron chi connectivity index (χ1n) is 10.9. The number of hydrogen-bond acceptors (Lipinski definition) is 3. The molecule has 0 N–H and O–H groups in total. The zero-order valence-electron chi connectivity index (χ0n) is 18.6. The minimum Gasteiger partial charge on any atom is -0.333 e. The van der Waals surface area contributed by atoms with Crippen molar-refractivity contribution < 1.29 is 4.79 Å². The zero-order valence-corrected chi connectivity index (χ0v) is 18.6. The Labute approximate surface area is 174 Å². The fourth-order valence-corrected chi connectivity index (χ4v) is 4.85. The molecule has 2 aliphatic rings. The van der Waals surface area contributed by atoms with Gasteiger partial charge in [-0.1, -0.05) is 47.6 Å². The first-order valence-corrected chi connectivity index (χ1v) is 10.9. The Kier molecular flexibility index (Phi) is 4.83. The third-order valence-corrected chi connectivity index (χ3v) is 6.62. The molecule has 2 fully saturated rings. The van der Waals surface area contributed by atoms with Crippen LogP contribution < -0.4 is 0 Å². The molecule has 3 heterocycles. The molecule has 0 spiro atoms. The van der Waals surface area contributed by atoms with E-state index in [0.717, 1.165) is 31.2 Å². The summed E-state index contributed by atoms with van der Waals surface area (Å²) in [5.41, 5.74) is 3.32. The van der Waals surface area contributed by atoms with Crippen LogP contribution in [-0.4, -0.2) is 37.9 Å². The summed E-state index contributed by atoms with van der Waals surface area (Å²) >= 11 is 0. The maximum absolute atomic E-state index is 13.7. The van der Waals surface area contributed by atoms with E-state index in [-0.39, 0.29) is 28.8 Å². The number of carbonyl (C=O) groups excluding carboxylic acids is 1. The SMILES string of the molecule is CC(C)(C)c1cc(C(=O)N2C3CCC2CC(n2nccn2)C3)cc(C(C)(C)C)c1. The van der Waals surface area contributed by atoms with Crippen molar-refractivity contribution in [2.45, 2.75) is 96.2 Å². The average Bonchev–Trinajstić information content (AvgIpc) is 3.26. The second-order valence-electron chi connectivity index (χ2n) is 10.9. The molecular formula is C24H34N4O. The Morgan fingerprint density at radius 1 is 0.828 bits per heavy atom. The third-order valence-electron chi connectivity index (χ3n) is 6.62. The average molecular weight is 395 g/mol. The summed E-state index contributed by atoms with van der Waals surface area (Å²) < 4.78 is 0. The minimum atomic E-state index is 0.00796. The molecule has 0 radical (unpaired) electrons. The van der Waals surface area contributed by atoms with Gasteiger partial charge in [0.2, 0.25) is 0 Å². The maximum Gasteiger partial charge on any atom is 0.254 e. The number of benzene rings is 1.